The zero-order chi connectivity index (χ0) is 29.0. The lowest BCUT2D eigenvalue weighted by Gasteiger charge is -2.16. The molecule has 0 amide bonds. The third-order valence-electron chi connectivity index (χ3n) is 7.74. The quantitative estimate of drug-likeness (QED) is 0.0456. The molecule has 0 unspecified atom stereocenters. The Labute approximate surface area is 252 Å². The Kier molecular flexibility index (Phi) is 34.2. The second kappa shape index (κ2) is 35.5. The van der Waals surface area contributed by atoms with Gasteiger partial charge in [0.1, 0.15) is 0 Å². The summed E-state index contributed by atoms with van der Waals surface area (Å²) < 4.78 is 5.83. The molecule has 0 saturated heterocycles. The zero-order valence-electron chi connectivity index (χ0n) is 27.3. The highest BCUT2D eigenvalue weighted by Crippen LogP contribution is 2.17. The van der Waals surface area contributed by atoms with Crippen molar-refractivity contribution in [1.82, 2.24) is 0 Å². The molecule has 0 fully saturated rings. The van der Waals surface area contributed by atoms with Crippen molar-refractivity contribution in [3.05, 3.63) is 61.4 Å². The summed E-state index contributed by atoms with van der Waals surface area (Å²) in [6, 6.07) is 0. The molecule has 0 aliphatic rings. The molecule has 0 bridgehead atoms. The summed E-state index contributed by atoms with van der Waals surface area (Å²) in [5.74, 6) is 0. The van der Waals surface area contributed by atoms with Gasteiger partial charge in [-0.3, -0.25) is 0 Å². The van der Waals surface area contributed by atoms with E-state index in [0.717, 1.165) is 12.8 Å². The minimum Gasteiger partial charge on any atom is -0.499 e. The van der Waals surface area contributed by atoms with Crippen LogP contribution >= 0.6 is 0 Å². The molecule has 0 radical (unpaired) electrons. The van der Waals surface area contributed by atoms with Gasteiger partial charge < -0.3 is 4.74 Å². The third kappa shape index (κ3) is 32.7. The van der Waals surface area contributed by atoms with Crippen LogP contribution in [0.4, 0.5) is 0 Å². The average Bonchev–Trinajstić information content (AvgIpc) is 2.96. The molecule has 40 heavy (non-hydrogen) atoms. The first-order chi connectivity index (χ1) is 19.8. The number of unbranched alkanes of at least 4 members (excludes halogenated alkanes) is 18. The molecule has 0 aromatic carbocycles. The van der Waals surface area contributed by atoms with Crippen LogP contribution in [-0.4, -0.2) is 6.10 Å². The van der Waals surface area contributed by atoms with Crippen molar-refractivity contribution in [3.8, 4) is 0 Å². The minimum absolute atomic E-state index is 0.383. The number of ether oxygens (including phenoxy) is 1. The SMILES string of the molecule is C=COC(CCCCCCCC/C=C\C/C=C\CCCCC)CCCCCCCC/C=C\C/C=C\CCCCC. The second-order valence-corrected chi connectivity index (χ2v) is 11.7. The molecular formula is C39H70O. The van der Waals surface area contributed by atoms with Crippen LogP contribution in [0.3, 0.4) is 0 Å². The van der Waals surface area contributed by atoms with Crippen LogP contribution in [-0.2, 0) is 4.74 Å². The average molecular weight is 555 g/mol. The van der Waals surface area contributed by atoms with Crippen LogP contribution in [0.1, 0.15) is 181 Å². The van der Waals surface area contributed by atoms with Crippen molar-refractivity contribution >= 4 is 0 Å². The van der Waals surface area contributed by atoms with Crippen LogP contribution in [0.5, 0.6) is 0 Å². The number of hydrogen-bond donors (Lipinski definition) is 0. The predicted molar refractivity (Wildman–Crippen MR) is 183 cm³/mol. The van der Waals surface area contributed by atoms with Gasteiger partial charge in [-0.2, -0.15) is 0 Å². The Morgan fingerprint density at radius 3 is 1.10 bits per heavy atom. The maximum atomic E-state index is 5.83. The first kappa shape index (κ1) is 38.5. The van der Waals surface area contributed by atoms with E-state index in [4.69, 9.17) is 4.74 Å². The molecule has 0 aliphatic heterocycles. The topological polar surface area (TPSA) is 9.23 Å². The maximum absolute atomic E-state index is 5.83. The van der Waals surface area contributed by atoms with Gasteiger partial charge in [-0.05, 0) is 89.9 Å². The summed E-state index contributed by atoms with van der Waals surface area (Å²) in [6.07, 6.45) is 54.7. The van der Waals surface area contributed by atoms with Crippen LogP contribution in [0.25, 0.3) is 0 Å². The van der Waals surface area contributed by atoms with Crippen LogP contribution in [0.2, 0.25) is 0 Å². The van der Waals surface area contributed by atoms with E-state index in [1.54, 1.807) is 6.26 Å². The van der Waals surface area contributed by atoms with Gasteiger partial charge in [-0.15, -0.1) is 0 Å². The van der Waals surface area contributed by atoms with Gasteiger partial charge >= 0.3 is 0 Å². The Morgan fingerprint density at radius 2 is 0.750 bits per heavy atom. The summed E-state index contributed by atoms with van der Waals surface area (Å²) in [6.45, 7) is 8.34. The predicted octanol–water partition coefficient (Wildman–Crippen LogP) is 13.9. The van der Waals surface area contributed by atoms with Gasteiger partial charge in [0, 0.05) is 0 Å². The first-order valence-corrected chi connectivity index (χ1v) is 17.7. The van der Waals surface area contributed by atoms with Crippen LogP contribution in [0.15, 0.2) is 61.4 Å². The molecule has 0 saturated carbocycles. The normalized spacial score (nSPS) is 12.3. The Morgan fingerprint density at radius 1 is 0.425 bits per heavy atom. The van der Waals surface area contributed by atoms with Gasteiger partial charge in [-0.1, -0.05) is 146 Å². The maximum Gasteiger partial charge on any atom is 0.0978 e. The number of rotatable bonds is 32. The lowest BCUT2D eigenvalue weighted by Crippen LogP contribution is -2.09. The monoisotopic (exact) mass is 555 g/mol. The van der Waals surface area contributed by atoms with E-state index in [0.29, 0.717) is 6.10 Å². The van der Waals surface area contributed by atoms with Crippen LogP contribution < -0.4 is 0 Å². The van der Waals surface area contributed by atoms with Gasteiger partial charge in [0.15, 0.2) is 0 Å². The van der Waals surface area contributed by atoms with Gasteiger partial charge in [-0.25, -0.2) is 0 Å². The molecule has 0 aromatic heterocycles. The Balaban J connectivity index is 3.52. The summed E-state index contributed by atoms with van der Waals surface area (Å²) in [4.78, 5) is 0. The fourth-order valence-corrected chi connectivity index (χ4v) is 5.14. The molecule has 0 heterocycles. The van der Waals surface area contributed by atoms with Crippen molar-refractivity contribution in [2.24, 2.45) is 0 Å². The fourth-order valence-electron chi connectivity index (χ4n) is 5.14. The van der Waals surface area contributed by atoms with Gasteiger partial charge in [0.2, 0.25) is 0 Å². The molecule has 0 aliphatic carbocycles. The van der Waals surface area contributed by atoms with Gasteiger partial charge in [0.05, 0.1) is 12.4 Å². The van der Waals surface area contributed by atoms with E-state index in [1.807, 2.05) is 0 Å². The zero-order valence-corrected chi connectivity index (χ0v) is 27.3. The molecule has 1 nitrogen and oxygen atoms in total. The summed E-state index contributed by atoms with van der Waals surface area (Å²) in [5, 5.41) is 0. The summed E-state index contributed by atoms with van der Waals surface area (Å²) in [7, 11) is 0. The number of hydrogen-bond acceptors (Lipinski definition) is 1. The Hall–Kier alpha value is -1.50. The smallest absolute Gasteiger partial charge is 0.0978 e. The van der Waals surface area contributed by atoms with Crippen molar-refractivity contribution in [2.45, 2.75) is 187 Å². The molecule has 0 aromatic rings. The van der Waals surface area contributed by atoms with E-state index in [1.165, 1.54) is 154 Å². The molecule has 0 N–H and O–H groups in total. The minimum atomic E-state index is 0.383. The second-order valence-electron chi connectivity index (χ2n) is 11.7. The van der Waals surface area contributed by atoms with E-state index in [9.17, 15) is 0 Å². The lowest BCUT2D eigenvalue weighted by atomic mass is 10.0. The molecular weight excluding hydrogens is 484 g/mol. The largest absolute Gasteiger partial charge is 0.499 e. The highest BCUT2D eigenvalue weighted by atomic mass is 16.5. The van der Waals surface area contributed by atoms with Crippen molar-refractivity contribution in [3.63, 3.8) is 0 Å². The standard InChI is InChI=1S/C39H70O/c1-4-7-9-11-13-15-17-19-21-23-25-27-29-31-33-35-37-39(40-6-3)38-36-34-32-30-28-26-24-22-20-18-16-14-12-10-8-5-2/h6,13-16,19-22,39H,3-5,7-12,17-18,23-38H2,1-2H3/b15-13-,16-14-,21-19-,22-20-. The van der Waals surface area contributed by atoms with E-state index in [-0.39, 0.29) is 0 Å². The van der Waals surface area contributed by atoms with Crippen LogP contribution in [0, 0.1) is 0 Å². The molecule has 0 spiro atoms. The van der Waals surface area contributed by atoms with E-state index >= 15 is 0 Å². The highest BCUT2D eigenvalue weighted by Gasteiger charge is 2.07. The number of allylic oxidation sites excluding steroid dienone is 8. The third-order valence-corrected chi connectivity index (χ3v) is 7.74. The van der Waals surface area contributed by atoms with E-state index < -0.39 is 0 Å². The molecule has 0 atom stereocenters. The molecule has 0 rings (SSSR count). The lowest BCUT2D eigenvalue weighted by molar-refractivity contribution is 0.121. The van der Waals surface area contributed by atoms with Crippen molar-refractivity contribution in [2.75, 3.05) is 0 Å². The summed E-state index contributed by atoms with van der Waals surface area (Å²) >= 11 is 0. The van der Waals surface area contributed by atoms with E-state index in [2.05, 4.69) is 69.0 Å². The van der Waals surface area contributed by atoms with Crippen molar-refractivity contribution < 1.29 is 4.74 Å². The van der Waals surface area contributed by atoms with Gasteiger partial charge in [0.25, 0.3) is 0 Å². The fraction of sp³-hybridized carbons (Fsp3) is 0.744. The van der Waals surface area contributed by atoms with Crippen molar-refractivity contribution in [1.29, 1.82) is 0 Å². The summed E-state index contributed by atoms with van der Waals surface area (Å²) in [5.41, 5.74) is 0. The molecule has 232 valence electrons. The highest BCUT2D eigenvalue weighted by molar-refractivity contribution is 4.93. The molecule has 1 heteroatoms. The Bertz CT molecular complexity index is 548. The first-order valence-electron chi connectivity index (χ1n) is 17.7.